The van der Waals surface area contributed by atoms with Gasteiger partial charge in [0.1, 0.15) is 10.8 Å². The molecule has 2 amide bonds. The molecule has 2 fully saturated rings. The van der Waals surface area contributed by atoms with E-state index in [9.17, 15) is 22.8 Å². The third-order valence-electron chi connectivity index (χ3n) is 7.59. The van der Waals surface area contributed by atoms with Crippen molar-refractivity contribution in [3.63, 3.8) is 0 Å². The van der Waals surface area contributed by atoms with Gasteiger partial charge in [0, 0.05) is 29.6 Å². The SMILES string of the molecule is Nc1nc(N2CCC3(CC2)COCC3N2C(=O)c3ccccc3C2=O)cnc1Sc1cccnc1C(F)(F)F. The fourth-order valence-corrected chi connectivity index (χ4v) is 6.42. The van der Waals surface area contributed by atoms with Gasteiger partial charge in [-0.3, -0.25) is 19.5 Å². The number of rotatable bonds is 4. The maximum Gasteiger partial charge on any atom is 0.434 e. The van der Waals surface area contributed by atoms with Gasteiger partial charge in [-0.1, -0.05) is 23.9 Å². The molecule has 39 heavy (non-hydrogen) atoms. The molecule has 1 unspecified atom stereocenters. The molecule has 2 aromatic heterocycles. The summed E-state index contributed by atoms with van der Waals surface area (Å²) in [4.78, 5) is 41.7. The number of ether oxygens (including phenoxy) is 1. The molecule has 3 aliphatic rings. The zero-order chi connectivity index (χ0) is 27.4. The number of benzene rings is 1. The predicted molar refractivity (Wildman–Crippen MR) is 135 cm³/mol. The van der Waals surface area contributed by atoms with Gasteiger partial charge in [-0.15, -0.1) is 0 Å². The molecular formula is C26H23F3N6O3S. The van der Waals surface area contributed by atoms with Crippen LogP contribution in [0.15, 0.2) is 58.7 Å². The van der Waals surface area contributed by atoms with Gasteiger partial charge in [0.25, 0.3) is 11.8 Å². The lowest BCUT2D eigenvalue weighted by atomic mass is 9.74. The van der Waals surface area contributed by atoms with Gasteiger partial charge < -0.3 is 15.4 Å². The first-order valence-electron chi connectivity index (χ1n) is 12.3. The third kappa shape index (κ3) is 4.39. The Labute approximate surface area is 225 Å². The smallest absolute Gasteiger partial charge is 0.381 e. The van der Waals surface area contributed by atoms with Crippen LogP contribution < -0.4 is 10.6 Å². The predicted octanol–water partition coefficient (Wildman–Crippen LogP) is 3.91. The molecule has 1 aromatic carbocycles. The Morgan fingerprint density at radius 3 is 2.36 bits per heavy atom. The molecule has 0 bridgehead atoms. The molecule has 6 rings (SSSR count). The van der Waals surface area contributed by atoms with E-state index in [2.05, 4.69) is 15.0 Å². The van der Waals surface area contributed by atoms with E-state index in [0.717, 1.165) is 18.0 Å². The van der Waals surface area contributed by atoms with Crippen LogP contribution in [0, 0.1) is 5.41 Å². The number of carbonyl (C=O) groups excluding carboxylic acids is 2. The number of nitrogens with zero attached hydrogens (tertiary/aromatic N) is 5. The highest BCUT2D eigenvalue weighted by molar-refractivity contribution is 7.99. The molecule has 5 heterocycles. The van der Waals surface area contributed by atoms with Crippen LogP contribution in [-0.2, 0) is 10.9 Å². The number of pyridine rings is 1. The minimum absolute atomic E-state index is 0.0165. The monoisotopic (exact) mass is 556 g/mol. The number of amides is 2. The molecule has 0 aliphatic carbocycles. The van der Waals surface area contributed by atoms with Gasteiger partial charge in [-0.2, -0.15) is 13.2 Å². The van der Waals surface area contributed by atoms with Crippen molar-refractivity contribution in [2.75, 3.05) is 36.9 Å². The van der Waals surface area contributed by atoms with E-state index in [0.29, 0.717) is 56.1 Å². The minimum Gasteiger partial charge on any atom is -0.381 e. The first-order valence-corrected chi connectivity index (χ1v) is 13.1. The van der Waals surface area contributed by atoms with Crippen LogP contribution in [0.4, 0.5) is 24.8 Å². The molecule has 13 heteroatoms. The summed E-state index contributed by atoms with van der Waals surface area (Å²) < 4.78 is 45.8. The van der Waals surface area contributed by atoms with Gasteiger partial charge in [0.2, 0.25) is 0 Å². The Morgan fingerprint density at radius 1 is 1.03 bits per heavy atom. The van der Waals surface area contributed by atoms with Crippen molar-refractivity contribution in [1.29, 1.82) is 0 Å². The first kappa shape index (κ1) is 25.6. The molecule has 2 saturated heterocycles. The van der Waals surface area contributed by atoms with Crippen molar-refractivity contribution in [2.45, 2.75) is 35.0 Å². The third-order valence-corrected chi connectivity index (χ3v) is 8.65. The highest BCUT2D eigenvalue weighted by Gasteiger charge is 2.53. The summed E-state index contributed by atoms with van der Waals surface area (Å²) in [6, 6.07) is 9.19. The van der Waals surface area contributed by atoms with E-state index < -0.39 is 11.9 Å². The Morgan fingerprint density at radius 2 is 1.72 bits per heavy atom. The van der Waals surface area contributed by atoms with Gasteiger partial charge in [-0.25, -0.2) is 9.97 Å². The normalized spacial score (nSPS) is 20.6. The number of nitrogen functional groups attached to an aromatic ring is 1. The number of hydrogen-bond acceptors (Lipinski definition) is 9. The molecular weight excluding hydrogens is 533 g/mol. The zero-order valence-corrected chi connectivity index (χ0v) is 21.3. The molecule has 9 nitrogen and oxygen atoms in total. The second-order valence-corrected chi connectivity index (χ2v) is 10.8. The topological polar surface area (TPSA) is 115 Å². The number of halogens is 3. The average Bonchev–Trinajstić information content (AvgIpc) is 3.42. The summed E-state index contributed by atoms with van der Waals surface area (Å²) in [5.74, 6) is -0.0585. The van der Waals surface area contributed by atoms with Gasteiger partial charge in [0.15, 0.2) is 11.5 Å². The largest absolute Gasteiger partial charge is 0.434 e. The van der Waals surface area contributed by atoms with Gasteiger partial charge >= 0.3 is 6.18 Å². The lowest BCUT2D eigenvalue weighted by Gasteiger charge is -2.44. The fraction of sp³-hybridized carbons (Fsp3) is 0.346. The fourth-order valence-electron chi connectivity index (χ4n) is 5.55. The second kappa shape index (κ2) is 9.49. The van der Waals surface area contributed by atoms with Crippen molar-refractivity contribution in [3.05, 3.63) is 65.6 Å². The lowest BCUT2D eigenvalue weighted by molar-refractivity contribution is -0.143. The minimum atomic E-state index is -4.61. The number of carbonyl (C=O) groups is 2. The van der Waals surface area contributed by atoms with Crippen molar-refractivity contribution < 1.29 is 27.5 Å². The van der Waals surface area contributed by atoms with E-state index in [-0.39, 0.29) is 39.0 Å². The number of anilines is 2. The van der Waals surface area contributed by atoms with Crippen LogP contribution >= 0.6 is 11.8 Å². The van der Waals surface area contributed by atoms with E-state index in [1.165, 1.54) is 23.2 Å². The average molecular weight is 557 g/mol. The number of nitrogens with two attached hydrogens (primary N) is 1. The van der Waals surface area contributed by atoms with Crippen molar-refractivity contribution in [2.24, 2.45) is 5.41 Å². The standard InChI is InChI=1S/C26H23F3N6O3S/c27-26(28,29)20-17(6-3-9-31-20)39-22-21(30)33-19(12-32-22)34-10-7-25(8-11-34)14-38-13-18(25)35-23(36)15-4-1-2-5-16(15)24(35)37/h1-6,9,12,18H,7-8,10-11,13-14H2,(H2,30,33). The van der Waals surface area contributed by atoms with Crippen molar-refractivity contribution in [1.82, 2.24) is 19.9 Å². The van der Waals surface area contributed by atoms with Gasteiger partial charge in [0.05, 0.1) is 36.6 Å². The highest BCUT2D eigenvalue weighted by atomic mass is 32.2. The Bertz CT molecular complexity index is 1430. The number of alkyl halides is 3. The van der Waals surface area contributed by atoms with Gasteiger partial charge in [-0.05, 0) is 37.1 Å². The number of piperidine rings is 1. The molecule has 202 valence electrons. The Balaban J connectivity index is 1.17. The molecule has 3 aliphatic heterocycles. The van der Waals surface area contributed by atoms with Crippen molar-refractivity contribution in [3.8, 4) is 0 Å². The summed E-state index contributed by atoms with van der Waals surface area (Å²) in [7, 11) is 0. The zero-order valence-electron chi connectivity index (χ0n) is 20.5. The summed E-state index contributed by atoms with van der Waals surface area (Å²) in [5, 5.41) is 0.153. The molecule has 2 N–H and O–H groups in total. The molecule has 0 saturated carbocycles. The number of fused-ring (bicyclic) bond motifs is 1. The van der Waals surface area contributed by atoms with Crippen molar-refractivity contribution >= 4 is 35.2 Å². The van der Waals surface area contributed by atoms with Crippen LogP contribution in [0.1, 0.15) is 39.3 Å². The van der Waals surface area contributed by atoms with E-state index in [1.807, 2.05) is 4.90 Å². The molecule has 1 spiro atoms. The Hall–Kier alpha value is -3.71. The summed E-state index contributed by atoms with van der Waals surface area (Å²) >= 11 is 0.762. The highest BCUT2D eigenvalue weighted by Crippen LogP contribution is 2.45. The van der Waals surface area contributed by atoms with Crippen LogP contribution in [0.25, 0.3) is 0 Å². The number of hydrogen-bond donors (Lipinski definition) is 1. The van der Waals surface area contributed by atoms with Crippen LogP contribution in [0.3, 0.4) is 0 Å². The summed E-state index contributed by atoms with van der Waals surface area (Å²) in [5.41, 5.74) is 5.55. The summed E-state index contributed by atoms with van der Waals surface area (Å²) in [6.45, 7) is 1.85. The molecule has 1 atom stereocenters. The maximum atomic E-state index is 13.3. The lowest BCUT2D eigenvalue weighted by Crippen LogP contribution is -2.54. The first-order chi connectivity index (χ1) is 18.7. The van der Waals surface area contributed by atoms with E-state index >= 15 is 0 Å². The maximum absolute atomic E-state index is 13.3. The van der Waals surface area contributed by atoms with Crippen LogP contribution in [-0.4, -0.2) is 64.0 Å². The quantitative estimate of drug-likeness (QED) is 0.478. The summed E-state index contributed by atoms with van der Waals surface area (Å²) in [6.07, 6.45) is -0.735. The second-order valence-electron chi connectivity index (χ2n) is 9.77. The van der Waals surface area contributed by atoms with E-state index in [4.69, 9.17) is 10.5 Å². The molecule has 3 aromatic rings. The Kier molecular flexibility index (Phi) is 6.22. The number of aromatic nitrogens is 3. The molecule has 0 radical (unpaired) electrons. The van der Waals surface area contributed by atoms with E-state index in [1.54, 1.807) is 24.3 Å². The van der Waals surface area contributed by atoms with Crippen LogP contribution in [0.2, 0.25) is 0 Å². The van der Waals surface area contributed by atoms with Crippen LogP contribution in [0.5, 0.6) is 0 Å². The number of imide groups is 1.